The van der Waals surface area contributed by atoms with E-state index < -0.39 is 13.8 Å². The van der Waals surface area contributed by atoms with Crippen LogP contribution in [0, 0.1) is 0 Å². The van der Waals surface area contributed by atoms with Crippen molar-refractivity contribution in [3.63, 3.8) is 0 Å². The predicted octanol–water partition coefficient (Wildman–Crippen LogP) is 3.87. The number of hydrogen-bond acceptors (Lipinski definition) is 7. The molecule has 1 heterocycles. The number of amides is 2. The number of carbonyl (C=O) groups excluding carboxylic acids is 1. The average Bonchev–Trinajstić information content (AvgIpc) is 2.69. The predicted molar refractivity (Wildman–Crippen MR) is 102 cm³/mol. The van der Waals surface area contributed by atoms with Crippen LogP contribution in [0.4, 0.5) is 10.7 Å². The quantitative estimate of drug-likeness (QED) is 0.579. The van der Waals surface area contributed by atoms with Gasteiger partial charge in [-0.2, -0.15) is 0 Å². The maximum atomic E-state index is 13.2. The molecule has 28 heavy (non-hydrogen) atoms. The number of nitrogens with one attached hydrogen (secondary N) is 2. The largest absolute Gasteiger partial charge is 0.545 e. The smallest absolute Gasteiger partial charge is 0.494 e. The molecule has 2 amide bonds. The van der Waals surface area contributed by atoms with Crippen LogP contribution in [-0.4, -0.2) is 23.1 Å². The van der Waals surface area contributed by atoms with Gasteiger partial charge in [-0.05, 0) is 24.3 Å². The lowest BCUT2D eigenvalue weighted by molar-refractivity contribution is 0.253. The summed E-state index contributed by atoms with van der Waals surface area (Å²) in [4.78, 5) is 20.1. The minimum atomic E-state index is -4.11. The minimum Gasteiger partial charge on any atom is -0.494 e. The van der Waals surface area contributed by atoms with Gasteiger partial charge in [-0.15, -0.1) is 0 Å². The monoisotopic (exact) mass is 400 g/mol. The topological polar surface area (TPSA) is 112 Å². The summed E-state index contributed by atoms with van der Waals surface area (Å²) in [6.45, 7) is 0. The molecule has 0 unspecified atom stereocenters. The van der Waals surface area contributed by atoms with Crippen LogP contribution in [0.5, 0.6) is 17.2 Å². The number of carbonyl (C=O) groups is 1. The fourth-order valence-electron chi connectivity index (χ4n) is 2.04. The molecule has 0 saturated carbocycles. The van der Waals surface area contributed by atoms with Gasteiger partial charge in [0, 0.05) is 0 Å². The molecular formula is C18H17N4O5P. The molecule has 0 aliphatic carbocycles. The molecule has 3 rings (SSSR count). The first-order valence-electron chi connectivity index (χ1n) is 8.11. The van der Waals surface area contributed by atoms with Gasteiger partial charge in [0.05, 0.1) is 19.5 Å². The number of ether oxygens (including phenoxy) is 1. The summed E-state index contributed by atoms with van der Waals surface area (Å²) in [5.41, 5.74) is 0. The fourth-order valence-corrected chi connectivity index (χ4v) is 3.28. The van der Waals surface area contributed by atoms with Crippen LogP contribution in [0.1, 0.15) is 0 Å². The van der Waals surface area contributed by atoms with E-state index in [1.165, 1.54) is 19.5 Å². The molecule has 0 radical (unpaired) electrons. The van der Waals surface area contributed by atoms with Crippen LogP contribution < -0.4 is 24.2 Å². The Bertz CT molecular complexity index is 909. The molecular weight excluding hydrogens is 383 g/mol. The molecule has 3 aromatic rings. The van der Waals surface area contributed by atoms with Crippen LogP contribution in [-0.2, 0) is 4.57 Å². The Balaban J connectivity index is 1.75. The van der Waals surface area contributed by atoms with E-state index in [0.29, 0.717) is 5.75 Å². The molecule has 9 nitrogen and oxygen atoms in total. The van der Waals surface area contributed by atoms with Crippen molar-refractivity contribution in [3.8, 4) is 17.2 Å². The summed E-state index contributed by atoms with van der Waals surface area (Å²) in [6, 6.07) is 15.9. The van der Waals surface area contributed by atoms with Gasteiger partial charge in [0.2, 0.25) is 5.95 Å². The number of rotatable bonds is 7. The number of methoxy groups -OCH3 is 1. The molecule has 0 aliphatic heterocycles. The SMILES string of the molecule is COc1cnc(NC(=O)NP(=O)(Oc2ccccc2)Oc2ccccc2)nc1. The summed E-state index contributed by atoms with van der Waals surface area (Å²) >= 11 is 0. The zero-order valence-electron chi connectivity index (χ0n) is 14.8. The van der Waals surface area contributed by atoms with Crippen molar-refractivity contribution >= 4 is 19.7 Å². The number of benzene rings is 2. The number of aromatic nitrogens is 2. The molecule has 0 fully saturated rings. The second kappa shape index (κ2) is 8.88. The van der Waals surface area contributed by atoms with Crippen molar-refractivity contribution in [3.05, 3.63) is 73.1 Å². The van der Waals surface area contributed by atoms with E-state index in [0.717, 1.165) is 0 Å². The van der Waals surface area contributed by atoms with Crippen molar-refractivity contribution in [1.82, 2.24) is 15.1 Å². The highest BCUT2D eigenvalue weighted by Gasteiger charge is 2.32. The van der Waals surface area contributed by atoms with Crippen molar-refractivity contribution in [2.75, 3.05) is 12.4 Å². The zero-order valence-corrected chi connectivity index (χ0v) is 15.7. The van der Waals surface area contributed by atoms with Gasteiger partial charge in [0.1, 0.15) is 11.5 Å². The van der Waals surface area contributed by atoms with Gasteiger partial charge in [0.25, 0.3) is 0 Å². The zero-order chi connectivity index (χ0) is 19.8. The third-order valence-electron chi connectivity index (χ3n) is 3.27. The van der Waals surface area contributed by atoms with Crippen LogP contribution in [0.3, 0.4) is 0 Å². The van der Waals surface area contributed by atoms with Crippen molar-refractivity contribution in [2.45, 2.75) is 0 Å². The van der Waals surface area contributed by atoms with Crippen LogP contribution >= 0.6 is 7.75 Å². The Labute approximate surface area is 161 Å². The normalized spacial score (nSPS) is 10.6. The Morgan fingerprint density at radius 1 is 0.857 bits per heavy atom. The lowest BCUT2D eigenvalue weighted by Crippen LogP contribution is -2.30. The second-order valence-corrected chi connectivity index (χ2v) is 6.90. The van der Waals surface area contributed by atoms with E-state index in [4.69, 9.17) is 13.8 Å². The van der Waals surface area contributed by atoms with Gasteiger partial charge in [-0.25, -0.2) is 24.4 Å². The lowest BCUT2D eigenvalue weighted by Gasteiger charge is -2.20. The van der Waals surface area contributed by atoms with Crippen molar-refractivity contribution in [1.29, 1.82) is 0 Å². The highest BCUT2D eigenvalue weighted by Crippen LogP contribution is 2.44. The van der Waals surface area contributed by atoms with Crippen molar-refractivity contribution < 1.29 is 23.1 Å². The average molecular weight is 400 g/mol. The molecule has 0 saturated heterocycles. The second-order valence-electron chi connectivity index (χ2n) is 5.32. The fraction of sp³-hybridized carbons (Fsp3) is 0.0556. The van der Waals surface area contributed by atoms with Gasteiger partial charge in [0.15, 0.2) is 5.75 Å². The Morgan fingerprint density at radius 3 is 1.82 bits per heavy atom. The van der Waals surface area contributed by atoms with E-state index in [2.05, 4.69) is 20.4 Å². The Hall–Kier alpha value is -3.58. The Morgan fingerprint density at radius 2 is 1.36 bits per heavy atom. The summed E-state index contributed by atoms with van der Waals surface area (Å²) in [7, 11) is -2.64. The van der Waals surface area contributed by atoms with E-state index in [1.54, 1.807) is 60.7 Å². The van der Waals surface area contributed by atoms with Gasteiger partial charge < -0.3 is 13.8 Å². The van der Waals surface area contributed by atoms with Gasteiger partial charge >= 0.3 is 13.8 Å². The summed E-state index contributed by atoms with van der Waals surface area (Å²) in [5.74, 6) is 0.950. The number of para-hydroxylation sites is 2. The highest BCUT2D eigenvalue weighted by atomic mass is 31.2. The summed E-state index contributed by atoms with van der Waals surface area (Å²) in [6.07, 6.45) is 2.76. The molecule has 1 aromatic heterocycles. The van der Waals surface area contributed by atoms with Gasteiger partial charge in [-0.3, -0.25) is 5.32 Å². The molecule has 2 N–H and O–H groups in total. The van der Waals surface area contributed by atoms with Crippen LogP contribution in [0.2, 0.25) is 0 Å². The van der Waals surface area contributed by atoms with Gasteiger partial charge in [-0.1, -0.05) is 36.4 Å². The first-order valence-corrected chi connectivity index (χ1v) is 9.65. The minimum absolute atomic E-state index is 0.00993. The van der Waals surface area contributed by atoms with E-state index in [9.17, 15) is 9.36 Å². The first-order chi connectivity index (χ1) is 13.6. The number of nitrogens with zero attached hydrogens (tertiary/aromatic N) is 2. The molecule has 0 atom stereocenters. The van der Waals surface area contributed by atoms with Crippen LogP contribution in [0.25, 0.3) is 0 Å². The first kappa shape index (κ1) is 19.2. The van der Waals surface area contributed by atoms with Crippen LogP contribution in [0.15, 0.2) is 73.1 Å². The number of anilines is 1. The molecule has 2 aromatic carbocycles. The van der Waals surface area contributed by atoms with E-state index >= 15 is 0 Å². The molecule has 144 valence electrons. The third kappa shape index (κ3) is 5.46. The maximum absolute atomic E-state index is 13.2. The number of urea groups is 1. The lowest BCUT2D eigenvalue weighted by atomic mass is 10.3. The molecule has 10 heteroatoms. The van der Waals surface area contributed by atoms with Crippen molar-refractivity contribution in [2.24, 2.45) is 0 Å². The number of hydrogen-bond donors (Lipinski definition) is 2. The summed E-state index contributed by atoms with van der Waals surface area (Å²) < 4.78 is 29.0. The molecule has 0 bridgehead atoms. The van der Waals surface area contributed by atoms with E-state index in [1.807, 2.05) is 0 Å². The molecule has 0 aliphatic rings. The summed E-state index contributed by atoms with van der Waals surface area (Å²) in [5, 5.41) is 4.58. The molecule has 0 spiro atoms. The maximum Gasteiger partial charge on any atom is 0.545 e. The van der Waals surface area contributed by atoms with E-state index in [-0.39, 0.29) is 17.4 Å². The third-order valence-corrected chi connectivity index (χ3v) is 4.64. The highest BCUT2D eigenvalue weighted by molar-refractivity contribution is 7.53. The Kier molecular flexibility index (Phi) is 6.08. The standard InChI is InChI=1S/C18H17N4O5P/c1-25-16-12-19-17(20-13-16)21-18(23)22-28(24,26-14-8-4-2-5-9-14)27-15-10-6-3-7-11-15/h2-13H,1H3,(H2,19,20,21,22,23,24).